The Morgan fingerprint density at radius 2 is 2.41 bits per heavy atom. The molecule has 2 nitrogen and oxygen atoms in total. The van der Waals surface area contributed by atoms with Crippen molar-refractivity contribution in [2.45, 2.75) is 19.3 Å². The van der Waals surface area contributed by atoms with Crippen LogP contribution in [0.15, 0.2) is 30.4 Å². The number of rotatable bonds is 4. The Bertz CT molecular complexity index is 411. The first-order chi connectivity index (χ1) is 8.18. The third kappa shape index (κ3) is 3.02. The van der Waals surface area contributed by atoms with Gasteiger partial charge in [0.05, 0.1) is 5.02 Å². The SMILES string of the molecule is C=C(C)COc1cccc(C2CCNC2)c1Cl. The minimum absolute atomic E-state index is 0.510. The van der Waals surface area contributed by atoms with Crippen LogP contribution in [0, 0.1) is 0 Å². The highest BCUT2D eigenvalue weighted by atomic mass is 35.5. The van der Waals surface area contributed by atoms with E-state index in [4.69, 9.17) is 16.3 Å². The number of benzene rings is 1. The summed E-state index contributed by atoms with van der Waals surface area (Å²) >= 11 is 6.39. The number of halogens is 1. The summed E-state index contributed by atoms with van der Waals surface area (Å²) in [6.45, 7) is 8.36. The van der Waals surface area contributed by atoms with E-state index in [9.17, 15) is 0 Å². The van der Waals surface area contributed by atoms with Crippen LogP contribution in [0.2, 0.25) is 5.02 Å². The van der Waals surface area contributed by atoms with E-state index in [1.165, 1.54) is 5.56 Å². The summed E-state index contributed by atoms with van der Waals surface area (Å²) in [5, 5.41) is 4.11. The minimum atomic E-state index is 0.510. The van der Waals surface area contributed by atoms with Gasteiger partial charge in [0, 0.05) is 6.54 Å². The number of nitrogens with one attached hydrogen (secondary N) is 1. The van der Waals surface area contributed by atoms with Gasteiger partial charge in [-0.05, 0) is 43.0 Å². The normalized spacial score (nSPS) is 19.3. The quantitative estimate of drug-likeness (QED) is 0.829. The minimum Gasteiger partial charge on any atom is -0.488 e. The molecule has 1 aliphatic rings. The van der Waals surface area contributed by atoms with Crippen LogP contribution in [0.4, 0.5) is 0 Å². The third-order valence-electron chi connectivity index (χ3n) is 2.97. The molecule has 2 rings (SSSR count). The third-order valence-corrected chi connectivity index (χ3v) is 3.37. The fourth-order valence-electron chi connectivity index (χ4n) is 2.08. The largest absolute Gasteiger partial charge is 0.488 e. The van der Waals surface area contributed by atoms with Gasteiger partial charge in [0.25, 0.3) is 0 Å². The molecule has 1 heterocycles. The molecule has 0 saturated carbocycles. The van der Waals surface area contributed by atoms with Gasteiger partial charge in [-0.25, -0.2) is 0 Å². The summed E-state index contributed by atoms with van der Waals surface area (Å²) < 4.78 is 5.65. The lowest BCUT2D eigenvalue weighted by atomic mass is 9.98. The molecule has 0 amide bonds. The van der Waals surface area contributed by atoms with Crippen molar-refractivity contribution in [3.05, 3.63) is 40.9 Å². The van der Waals surface area contributed by atoms with Crippen LogP contribution >= 0.6 is 11.6 Å². The average Bonchev–Trinajstić information content (AvgIpc) is 2.81. The van der Waals surface area contributed by atoms with Gasteiger partial charge in [-0.1, -0.05) is 30.3 Å². The van der Waals surface area contributed by atoms with Gasteiger partial charge in [-0.2, -0.15) is 0 Å². The molecule has 17 heavy (non-hydrogen) atoms. The van der Waals surface area contributed by atoms with Crippen molar-refractivity contribution < 1.29 is 4.74 Å². The lowest BCUT2D eigenvalue weighted by Crippen LogP contribution is -2.08. The van der Waals surface area contributed by atoms with Crippen LogP contribution in [-0.2, 0) is 0 Å². The fourth-order valence-corrected chi connectivity index (χ4v) is 2.41. The Morgan fingerprint density at radius 3 is 3.06 bits per heavy atom. The molecule has 0 bridgehead atoms. The van der Waals surface area contributed by atoms with Gasteiger partial charge in [0.15, 0.2) is 0 Å². The van der Waals surface area contributed by atoms with E-state index in [0.717, 1.165) is 35.9 Å². The van der Waals surface area contributed by atoms with E-state index in [1.807, 2.05) is 19.1 Å². The molecule has 1 saturated heterocycles. The summed E-state index contributed by atoms with van der Waals surface area (Å²) in [6, 6.07) is 6.01. The van der Waals surface area contributed by atoms with E-state index in [1.54, 1.807) is 0 Å². The van der Waals surface area contributed by atoms with Crippen LogP contribution in [0.25, 0.3) is 0 Å². The van der Waals surface area contributed by atoms with Gasteiger partial charge < -0.3 is 10.1 Å². The Labute approximate surface area is 108 Å². The summed E-state index contributed by atoms with van der Waals surface area (Å²) in [4.78, 5) is 0. The lowest BCUT2D eigenvalue weighted by molar-refractivity contribution is 0.352. The number of hydrogen-bond acceptors (Lipinski definition) is 2. The molecule has 1 aromatic carbocycles. The van der Waals surface area contributed by atoms with E-state index >= 15 is 0 Å². The molecule has 1 unspecified atom stereocenters. The van der Waals surface area contributed by atoms with Crippen LogP contribution in [-0.4, -0.2) is 19.7 Å². The van der Waals surface area contributed by atoms with Gasteiger partial charge in [-0.3, -0.25) is 0 Å². The summed E-state index contributed by atoms with van der Waals surface area (Å²) in [6.07, 6.45) is 1.14. The smallest absolute Gasteiger partial charge is 0.138 e. The Balaban J connectivity index is 2.17. The molecule has 0 spiro atoms. The van der Waals surface area contributed by atoms with Crippen LogP contribution in [0.3, 0.4) is 0 Å². The van der Waals surface area contributed by atoms with Gasteiger partial charge in [0.2, 0.25) is 0 Å². The Morgan fingerprint density at radius 1 is 1.59 bits per heavy atom. The molecular formula is C14H18ClNO. The monoisotopic (exact) mass is 251 g/mol. The first-order valence-corrected chi connectivity index (χ1v) is 6.32. The highest BCUT2D eigenvalue weighted by molar-refractivity contribution is 6.32. The predicted molar refractivity (Wildman–Crippen MR) is 72.0 cm³/mol. The molecule has 1 N–H and O–H groups in total. The zero-order valence-corrected chi connectivity index (χ0v) is 10.9. The zero-order valence-electron chi connectivity index (χ0n) is 10.1. The second-order valence-corrected chi connectivity index (χ2v) is 4.97. The van der Waals surface area contributed by atoms with Crippen molar-refractivity contribution >= 4 is 11.6 Å². The van der Waals surface area contributed by atoms with Gasteiger partial charge in [-0.15, -0.1) is 0 Å². The lowest BCUT2D eigenvalue weighted by Gasteiger charge is -2.14. The van der Waals surface area contributed by atoms with E-state index in [2.05, 4.69) is 18.0 Å². The molecule has 0 aliphatic carbocycles. The molecule has 1 fully saturated rings. The number of hydrogen-bond donors (Lipinski definition) is 1. The van der Waals surface area contributed by atoms with E-state index in [-0.39, 0.29) is 0 Å². The first kappa shape index (κ1) is 12.5. The zero-order chi connectivity index (χ0) is 12.3. The van der Waals surface area contributed by atoms with Gasteiger partial charge in [0.1, 0.15) is 12.4 Å². The van der Waals surface area contributed by atoms with Crippen molar-refractivity contribution in [3.8, 4) is 5.75 Å². The summed E-state index contributed by atoms with van der Waals surface area (Å²) in [5.41, 5.74) is 2.19. The predicted octanol–water partition coefficient (Wildman–Crippen LogP) is 3.37. The maximum absolute atomic E-state index is 6.39. The highest BCUT2D eigenvalue weighted by Crippen LogP contribution is 2.35. The van der Waals surface area contributed by atoms with Crippen LogP contribution < -0.4 is 10.1 Å². The molecule has 92 valence electrons. The van der Waals surface area contributed by atoms with Crippen molar-refractivity contribution in [2.75, 3.05) is 19.7 Å². The highest BCUT2D eigenvalue weighted by Gasteiger charge is 2.20. The molecular weight excluding hydrogens is 234 g/mol. The van der Waals surface area contributed by atoms with Crippen molar-refractivity contribution in [1.82, 2.24) is 5.32 Å². The van der Waals surface area contributed by atoms with Crippen LogP contribution in [0.1, 0.15) is 24.8 Å². The molecule has 0 radical (unpaired) electrons. The molecule has 1 aromatic rings. The second-order valence-electron chi connectivity index (χ2n) is 4.59. The maximum atomic E-state index is 6.39. The van der Waals surface area contributed by atoms with E-state index in [0.29, 0.717) is 12.5 Å². The summed E-state index contributed by atoms with van der Waals surface area (Å²) in [7, 11) is 0. The topological polar surface area (TPSA) is 21.3 Å². The first-order valence-electron chi connectivity index (χ1n) is 5.95. The van der Waals surface area contributed by atoms with Crippen molar-refractivity contribution in [2.24, 2.45) is 0 Å². The number of ether oxygens (including phenoxy) is 1. The van der Waals surface area contributed by atoms with Crippen molar-refractivity contribution in [3.63, 3.8) is 0 Å². The van der Waals surface area contributed by atoms with Crippen LogP contribution in [0.5, 0.6) is 5.75 Å². The van der Waals surface area contributed by atoms with Crippen molar-refractivity contribution in [1.29, 1.82) is 0 Å². The Kier molecular flexibility index (Phi) is 4.08. The standard InChI is InChI=1S/C14H18ClNO/c1-10(2)9-17-13-5-3-4-12(14(13)15)11-6-7-16-8-11/h3-5,11,16H,1,6-9H2,2H3. The molecule has 1 atom stereocenters. The second kappa shape index (κ2) is 5.56. The maximum Gasteiger partial charge on any atom is 0.138 e. The molecule has 0 aromatic heterocycles. The summed E-state index contributed by atoms with van der Waals surface area (Å²) in [5.74, 6) is 1.27. The molecule has 1 aliphatic heterocycles. The van der Waals surface area contributed by atoms with Gasteiger partial charge >= 0.3 is 0 Å². The fraction of sp³-hybridized carbons (Fsp3) is 0.429. The Hall–Kier alpha value is -0.990. The molecule has 3 heteroatoms. The van der Waals surface area contributed by atoms with E-state index < -0.39 is 0 Å². The average molecular weight is 252 g/mol.